The first kappa shape index (κ1) is 35.4. The first-order valence-corrected chi connectivity index (χ1v) is 16.5. The van der Waals surface area contributed by atoms with Gasteiger partial charge in [0.25, 0.3) is 0 Å². The number of carbonyl (C=O) groups is 7. The summed E-state index contributed by atoms with van der Waals surface area (Å²) in [6.07, 6.45) is -0.0592. The second-order valence-corrected chi connectivity index (χ2v) is 13.1. The number of nitrogens with zero attached hydrogens (tertiary/aromatic N) is 1. The molecule has 6 atom stereocenters. The van der Waals surface area contributed by atoms with Gasteiger partial charge < -0.3 is 47.2 Å². The minimum Gasteiger partial charge on any atom is -0.508 e. The molecule has 2 saturated heterocycles. The molecule has 0 bridgehead atoms. The highest BCUT2D eigenvalue weighted by Crippen LogP contribution is 2.25. The van der Waals surface area contributed by atoms with Crippen molar-refractivity contribution in [3.8, 4) is 5.75 Å². The van der Waals surface area contributed by atoms with E-state index in [-0.39, 0.29) is 36.6 Å². The Balaban J connectivity index is 1.74. The number of phenols is 1. The third-order valence-electron chi connectivity index (χ3n) is 7.11. The summed E-state index contributed by atoms with van der Waals surface area (Å²) in [6, 6.07) is -1.36. The maximum atomic E-state index is 13.4. The molecule has 0 aliphatic carbocycles. The molecule has 2 fully saturated rings. The van der Waals surface area contributed by atoms with Gasteiger partial charge in [0.15, 0.2) is 0 Å². The van der Waals surface area contributed by atoms with Crippen LogP contribution in [0.5, 0.6) is 5.75 Å². The zero-order chi connectivity index (χ0) is 33.3. The van der Waals surface area contributed by atoms with Crippen LogP contribution in [0.25, 0.3) is 0 Å². The quantitative estimate of drug-likeness (QED) is 0.135. The third kappa shape index (κ3) is 10.3. The van der Waals surface area contributed by atoms with Crippen LogP contribution in [0.1, 0.15) is 31.7 Å². The van der Waals surface area contributed by atoms with Gasteiger partial charge in [-0.05, 0) is 43.9 Å². The van der Waals surface area contributed by atoms with E-state index in [1.54, 1.807) is 12.1 Å². The van der Waals surface area contributed by atoms with Crippen LogP contribution in [0.2, 0.25) is 0 Å². The normalized spacial score (nSPS) is 24.2. The highest BCUT2D eigenvalue weighted by Gasteiger charge is 2.40. The number of benzene rings is 1. The number of aromatic hydroxyl groups is 1. The van der Waals surface area contributed by atoms with Crippen molar-refractivity contribution in [3.63, 3.8) is 0 Å². The van der Waals surface area contributed by atoms with Crippen LogP contribution in [0.15, 0.2) is 24.3 Å². The second kappa shape index (κ2) is 16.3. The molecule has 45 heavy (non-hydrogen) atoms. The maximum absolute atomic E-state index is 13.4. The molecule has 246 valence electrons. The van der Waals surface area contributed by atoms with Gasteiger partial charge in [-0.25, -0.2) is 4.79 Å². The first-order chi connectivity index (χ1) is 21.3. The average Bonchev–Trinajstić information content (AvgIpc) is 3.47. The third-order valence-corrected chi connectivity index (χ3v) is 9.53. The Morgan fingerprint density at radius 3 is 2.33 bits per heavy atom. The van der Waals surface area contributed by atoms with Crippen LogP contribution in [0, 0.1) is 0 Å². The van der Waals surface area contributed by atoms with Crippen molar-refractivity contribution < 1.29 is 48.9 Å². The van der Waals surface area contributed by atoms with E-state index < -0.39 is 84.1 Å². The predicted molar refractivity (Wildman–Crippen MR) is 163 cm³/mol. The summed E-state index contributed by atoms with van der Waals surface area (Å²) in [6.45, 7) is 1.46. The number of rotatable bonds is 9. The first-order valence-electron chi connectivity index (χ1n) is 14.0. The molecular formula is C27H36N6O10S2. The van der Waals surface area contributed by atoms with E-state index in [0.29, 0.717) is 12.0 Å². The van der Waals surface area contributed by atoms with Gasteiger partial charge in [-0.1, -0.05) is 33.7 Å². The summed E-state index contributed by atoms with van der Waals surface area (Å²) >= 11 is 0. The second-order valence-electron chi connectivity index (χ2n) is 10.6. The van der Waals surface area contributed by atoms with E-state index in [0.717, 1.165) is 26.5 Å². The number of aliphatic carboxylic acids is 2. The van der Waals surface area contributed by atoms with Crippen molar-refractivity contribution >= 4 is 63.1 Å². The molecule has 3 rings (SSSR count). The standard InChI is InChI=1S/C27H36N6O10S2/c1-13(29-23(38)16(28)9-14-4-6-15(34)7-5-14)22(37)31-18-11-44-45-12-19(27(42)43)32-25(40)20-3-2-8-33(20)26(41)17(10-21(35)36)30-24(18)39/h4-7,13,16-20,34H,2-3,8-12,28H2,1H3,(H,29,38)(H,30,39)(H,31,37)(H,32,40)(H,35,36)(H,42,43)/t13-,16-,17-,18-,19-,20-/m0/s1. The monoisotopic (exact) mass is 668 g/mol. The number of phenolic OH excluding ortho intramolecular Hbond substituents is 1. The van der Waals surface area contributed by atoms with E-state index in [4.69, 9.17) is 5.73 Å². The number of nitrogens with two attached hydrogens (primary N) is 1. The van der Waals surface area contributed by atoms with E-state index in [2.05, 4.69) is 21.3 Å². The number of carboxylic acid groups (broad SMARTS) is 2. The fourth-order valence-electron chi connectivity index (χ4n) is 4.67. The topological polar surface area (TPSA) is 258 Å². The van der Waals surface area contributed by atoms with Crippen LogP contribution in [-0.2, 0) is 40.0 Å². The van der Waals surface area contributed by atoms with Crippen molar-refractivity contribution in [1.82, 2.24) is 26.2 Å². The van der Waals surface area contributed by atoms with E-state index in [9.17, 15) is 48.9 Å². The molecule has 0 aromatic heterocycles. The Morgan fingerprint density at radius 1 is 1.02 bits per heavy atom. The summed E-state index contributed by atoms with van der Waals surface area (Å²) in [5.41, 5.74) is 6.66. The molecule has 0 unspecified atom stereocenters. The number of carboxylic acids is 2. The molecule has 2 heterocycles. The van der Waals surface area contributed by atoms with Gasteiger partial charge in [0, 0.05) is 18.1 Å². The predicted octanol–water partition coefficient (Wildman–Crippen LogP) is -1.83. The number of hydrogen-bond acceptors (Lipinski definition) is 11. The van der Waals surface area contributed by atoms with Gasteiger partial charge in [0.05, 0.1) is 12.5 Å². The Hall–Kier alpha value is -4.03. The number of fused-ring (bicyclic) bond motifs is 1. The number of hydrogen-bond donors (Lipinski definition) is 8. The molecule has 1 aromatic carbocycles. The Labute approximate surface area is 266 Å². The SMILES string of the molecule is C[C@H](NC(=O)[C@@H](N)Cc1ccc(O)cc1)C(=O)N[C@H]1CSSC[C@@H](C(=O)O)NC(=O)[C@@H]2CCCN2C(=O)[C@H](CC(=O)O)NC1=O. The molecule has 0 radical (unpaired) electrons. The highest BCUT2D eigenvalue weighted by molar-refractivity contribution is 8.76. The zero-order valence-electron chi connectivity index (χ0n) is 24.3. The minimum atomic E-state index is -1.58. The zero-order valence-corrected chi connectivity index (χ0v) is 25.9. The lowest BCUT2D eigenvalue weighted by Gasteiger charge is -2.30. The van der Waals surface area contributed by atoms with E-state index in [1.807, 2.05) is 0 Å². The van der Waals surface area contributed by atoms with Gasteiger partial charge in [-0.15, -0.1) is 0 Å². The van der Waals surface area contributed by atoms with Crippen molar-refractivity contribution in [2.75, 3.05) is 18.1 Å². The fraction of sp³-hybridized carbons (Fsp3) is 0.519. The van der Waals surface area contributed by atoms with Crippen LogP contribution in [0.4, 0.5) is 0 Å². The van der Waals surface area contributed by atoms with E-state index >= 15 is 0 Å². The van der Waals surface area contributed by atoms with Gasteiger partial charge in [0.2, 0.25) is 29.5 Å². The highest BCUT2D eigenvalue weighted by atomic mass is 33.1. The Kier molecular flexibility index (Phi) is 12.9. The molecule has 0 saturated carbocycles. The molecule has 9 N–H and O–H groups in total. The van der Waals surface area contributed by atoms with E-state index in [1.165, 1.54) is 19.1 Å². The summed E-state index contributed by atoms with van der Waals surface area (Å²) in [4.78, 5) is 89.9. The van der Waals surface area contributed by atoms with Crippen molar-refractivity contribution in [3.05, 3.63) is 29.8 Å². The van der Waals surface area contributed by atoms with Gasteiger partial charge in [-0.3, -0.25) is 28.8 Å². The average molecular weight is 669 g/mol. The number of amides is 5. The molecule has 2 aliphatic rings. The summed E-state index contributed by atoms with van der Waals surface area (Å²) < 4.78 is 0. The lowest BCUT2D eigenvalue weighted by Crippen LogP contribution is -2.60. The molecule has 0 spiro atoms. The van der Waals surface area contributed by atoms with Crippen LogP contribution >= 0.6 is 21.6 Å². The summed E-state index contributed by atoms with van der Waals surface area (Å²) in [7, 11) is 2.04. The maximum Gasteiger partial charge on any atom is 0.327 e. The van der Waals surface area contributed by atoms with Gasteiger partial charge in [-0.2, -0.15) is 0 Å². The lowest BCUT2D eigenvalue weighted by atomic mass is 10.1. The lowest BCUT2D eigenvalue weighted by molar-refractivity contribution is -0.147. The summed E-state index contributed by atoms with van der Waals surface area (Å²) in [5.74, 6) is -6.72. The fourth-order valence-corrected chi connectivity index (χ4v) is 6.99. The largest absolute Gasteiger partial charge is 0.508 e. The molecule has 2 aliphatic heterocycles. The van der Waals surface area contributed by atoms with Crippen LogP contribution < -0.4 is 27.0 Å². The Bertz CT molecular complexity index is 1300. The summed E-state index contributed by atoms with van der Waals surface area (Å²) in [5, 5.41) is 38.3. The number of nitrogens with one attached hydrogen (secondary N) is 4. The number of carbonyl (C=O) groups excluding carboxylic acids is 5. The van der Waals surface area contributed by atoms with Crippen LogP contribution in [0.3, 0.4) is 0 Å². The molecule has 1 aromatic rings. The van der Waals surface area contributed by atoms with Gasteiger partial charge >= 0.3 is 11.9 Å². The minimum absolute atomic E-state index is 0.0489. The van der Waals surface area contributed by atoms with Crippen molar-refractivity contribution in [2.45, 2.75) is 68.9 Å². The van der Waals surface area contributed by atoms with Gasteiger partial charge in [0.1, 0.15) is 36.0 Å². The molecule has 18 heteroatoms. The van der Waals surface area contributed by atoms with Crippen LogP contribution in [-0.4, -0.2) is 116 Å². The van der Waals surface area contributed by atoms with Crippen molar-refractivity contribution in [2.24, 2.45) is 5.73 Å². The smallest absolute Gasteiger partial charge is 0.327 e. The Morgan fingerprint density at radius 2 is 1.69 bits per heavy atom. The molecule has 5 amide bonds. The molecular weight excluding hydrogens is 632 g/mol. The molecule has 16 nitrogen and oxygen atoms in total. The van der Waals surface area contributed by atoms with Crippen molar-refractivity contribution in [1.29, 1.82) is 0 Å².